The quantitative estimate of drug-likeness (QED) is 0.828. The van der Waals surface area contributed by atoms with Crippen LogP contribution in [0.2, 0.25) is 5.15 Å². The molecule has 1 heterocycles. The number of benzene rings is 1. The Morgan fingerprint density at radius 1 is 1.20 bits per heavy atom. The van der Waals surface area contributed by atoms with Gasteiger partial charge in [-0.1, -0.05) is 42.8 Å². The van der Waals surface area contributed by atoms with Crippen LogP contribution in [-0.2, 0) is 24.3 Å². The second kappa shape index (κ2) is 7.22. The van der Waals surface area contributed by atoms with Crippen molar-refractivity contribution >= 4 is 17.4 Å². The van der Waals surface area contributed by atoms with Crippen molar-refractivity contribution < 1.29 is 4.74 Å². The lowest BCUT2D eigenvalue weighted by atomic mass is 10.1. The maximum Gasteiger partial charge on any atom is 0.137 e. The molecule has 0 bridgehead atoms. The maximum absolute atomic E-state index is 6.08. The summed E-state index contributed by atoms with van der Waals surface area (Å²) in [6, 6.07) is 8.17. The Morgan fingerprint density at radius 3 is 2.65 bits per heavy atom. The molecule has 0 atom stereocenters. The molecule has 0 aliphatic rings. The highest BCUT2D eigenvalue weighted by Crippen LogP contribution is 2.21. The first-order chi connectivity index (χ1) is 9.76. The molecule has 0 saturated heterocycles. The van der Waals surface area contributed by atoms with Crippen molar-refractivity contribution in [3.8, 4) is 0 Å². The van der Waals surface area contributed by atoms with Crippen LogP contribution < -0.4 is 5.32 Å². The summed E-state index contributed by atoms with van der Waals surface area (Å²) in [4.78, 5) is 8.27. The summed E-state index contributed by atoms with van der Waals surface area (Å²) in [5.41, 5.74) is 3.30. The number of hydrogen-bond acceptors (Lipinski definition) is 4. The van der Waals surface area contributed by atoms with Gasteiger partial charge in [0.25, 0.3) is 0 Å². The molecule has 0 saturated carbocycles. The Morgan fingerprint density at radius 2 is 1.95 bits per heavy atom. The lowest BCUT2D eigenvalue weighted by molar-refractivity contribution is 0.184. The van der Waals surface area contributed by atoms with Crippen LogP contribution in [-0.4, -0.2) is 17.1 Å². The van der Waals surface area contributed by atoms with E-state index in [0.717, 1.165) is 17.8 Å². The van der Waals surface area contributed by atoms with E-state index in [1.54, 1.807) is 7.11 Å². The smallest absolute Gasteiger partial charge is 0.137 e. The number of ether oxygens (including phenoxy) is 1. The molecule has 0 spiro atoms. The van der Waals surface area contributed by atoms with Gasteiger partial charge in [0.2, 0.25) is 0 Å². The van der Waals surface area contributed by atoms with Gasteiger partial charge in [0.05, 0.1) is 6.61 Å². The Hall–Kier alpha value is -1.65. The molecule has 2 rings (SSSR count). The summed E-state index contributed by atoms with van der Waals surface area (Å²) in [7, 11) is 1.70. The normalized spacial score (nSPS) is 10.6. The van der Waals surface area contributed by atoms with Crippen molar-refractivity contribution in [2.75, 3.05) is 12.4 Å². The lowest BCUT2D eigenvalue weighted by Crippen LogP contribution is -2.07. The van der Waals surface area contributed by atoms with Crippen LogP contribution in [0.25, 0.3) is 0 Å². The molecule has 1 N–H and O–H groups in total. The number of hydrogen-bond donors (Lipinski definition) is 1. The summed E-state index contributed by atoms with van der Waals surface area (Å²) in [5, 5.41) is 3.84. The summed E-state index contributed by atoms with van der Waals surface area (Å²) in [5.74, 6) is 0.791. The van der Waals surface area contributed by atoms with E-state index in [2.05, 4.69) is 27.4 Å². The summed E-state index contributed by atoms with van der Waals surface area (Å²) in [6.45, 7) is 3.32. The van der Waals surface area contributed by atoms with Gasteiger partial charge < -0.3 is 10.1 Å². The van der Waals surface area contributed by atoms with E-state index in [1.165, 1.54) is 17.5 Å². The third kappa shape index (κ3) is 3.46. The van der Waals surface area contributed by atoms with Crippen LogP contribution in [0.15, 0.2) is 30.6 Å². The van der Waals surface area contributed by atoms with Gasteiger partial charge in [-0.05, 0) is 17.5 Å². The fourth-order valence-electron chi connectivity index (χ4n) is 2.06. The van der Waals surface area contributed by atoms with Gasteiger partial charge in [-0.25, -0.2) is 9.97 Å². The Labute approximate surface area is 124 Å². The van der Waals surface area contributed by atoms with Crippen LogP contribution in [0, 0.1) is 0 Å². The molecule has 0 fully saturated rings. The van der Waals surface area contributed by atoms with E-state index in [-0.39, 0.29) is 0 Å². The number of nitrogens with one attached hydrogen (secondary N) is 1. The molecule has 106 valence electrons. The van der Waals surface area contributed by atoms with Crippen molar-refractivity contribution in [3.05, 3.63) is 52.4 Å². The first-order valence-corrected chi connectivity index (χ1v) is 6.93. The summed E-state index contributed by atoms with van der Waals surface area (Å²) < 4.78 is 5.21. The van der Waals surface area contributed by atoms with Crippen LogP contribution >= 0.6 is 11.6 Å². The predicted octanol–water partition coefficient (Wildman–Crippen LogP) is 3.45. The number of nitrogens with zero attached hydrogens (tertiary/aromatic N) is 2. The molecule has 2 aromatic rings. The number of anilines is 1. The molecule has 0 radical (unpaired) electrons. The molecule has 5 heteroatoms. The number of rotatable bonds is 6. The van der Waals surface area contributed by atoms with Crippen molar-refractivity contribution in [1.82, 2.24) is 9.97 Å². The molecular weight excluding hydrogens is 274 g/mol. The molecule has 1 aromatic carbocycles. The van der Waals surface area contributed by atoms with Crippen molar-refractivity contribution in [3.63, 3.8) is 0 Å². The molecule has 0 unspecified atom stereocenters. The van der Waals surface area contributed by atoms with Crippen molar-refractivity contribution in [1.29, 1.82) is 0 Å². The van der Waals surface area contributed by atoms with E-state index < -0.39 is 0 Å². The van der Waals surface area contributed by atoms with Crippen LogP contribution in [0.1, 0.15) is 23.6 Å². The maximum atomic E-state index is 6.08. The van der Waals surface area contributed by atoms with Crippen LogP contribution in [0.3, 0.4) is 0 Å². The van der Waals surface area contributed by atoms with Gasteiger partial charge in [-0.15, -0.1) is 0 Å². The molecular formula is C15H18ClN3O. The second-order valence-electron chi connectivity index (χ2n) is 4.40. The Bertz CT molecular complexity index is 575. The summed E-state index contributed by atoms with van der Waals surface area (Å²) in [6.07, 6.45) is 2.27. The molecule has 0 aliphatic heterocycles. The highest BCUT2D eigenvalue weighted by molar-refractivity contribution is 6.30. The van der Waals surface area contributed by atoms with E-state index in [9.17, 15) is 0 Å². The van der Waals surface area contributed by atoms with E-state index in [1.807, 2.05) is 19.1 Å². The fraction of sp³-hybridized carbons (Fsp3) is 0.333. The van der Waals surface area contributed by atoms with Gasteiger partial charge in [0, 0.05) is 19.2 Å². The second-order valence-corrected chi connectivity index (χ2v) is 4.76. The first-order valence-electron chi connectivity index (χ1n) is 6.55. The zero-order chi connectivity index (χ0) is 14.4. The van der Waals surface area contributed by atoms with Crippen molar-refractivity contribution in [2.24, 2.45) is 0 Å². The zero-order valence-electron chi connectivity index (χ0n) is 11.7. The van der Waals surface area contributed by atoms with Crippen molar-refractivity contribution in [2.45, 2.75) is 26.5 Å². The number of aromatic nitrogens is 2. The highest BCUT2D eigenvalue weighted by Gasteiger charge is 2.08. The SMILES string of the molecule is CCc1c(Cl)ncnc1NCc1ccccc1COC. The van der Waals surface area contributed by atoms with E-state index >= 15 is 0 Å². The van der Waals surface area contributed by atoms with Crippen LogP contribution in [0.5, 0.6) is 0 Å². The molecule has 1 aromatic heterocycles. The molecule has 4 nitrogen and oxygen atoms in total. The minimum atomic E-state index is 0.509. The third-order valence-electron chi connectivity index (χ3n) is 3.11. The Balaban J connectivity index is 2.15. The standard InChI is InChI=1S/C15H18ClN3O/c1-3-13-14(16)18-10-19-15(13)17-8-11-6-4-5-7-12(11)9-20-2/h4-7,10H,3,8-9H2,1-2H3,(H,17,18,19). The average molecular weight is 292 g/mol. The van der Waals surface area contributed by atoms with Crippen LogP contribution in [0.4, 0.5) is 5.82 Å². The number of halogens is 1. The third-order valence-corrected chi connectivity index (χ3v) is 3.44. The van der Waals surface area contributed by atoms with Gasteiger partial charge in [0.15, 0.2) is 0 Å². The minimum Gasteiger partial charge on any atom is -0.380 e. The van der Waals surface area contributed by atoms with Gasteiger partial charge in [-0.3, -0.25) is 0 Å². The average Bonchev–Trinajstić information content (AvgIpc) is 2.47. The monoisotopic (exact) mass is 291 g/mol. The molecule has 0 aliphatic carbocycles. The van der Waals surface area contributed by atoms with Gasteiger partial charge in [0.1, 0.15) is 17.3 Å². The number of methoxy groups -OCH3 is 1. The largest absolute Gasteiger partial charge is 0.380 e. The zero-order valence-corrected chi connectivity index (χ0v) is 12.4. The fourth-order valence-corrected chi connectivity index (χ4v) is 2.33. The van der Waals surface area contributed by atoms with E-state index in [0.29, 0.717) is 18.3 Å². The molecule has 20 heavy (non-hydrogen) atoms. The van der Waals surface area contributed by atoms with Gasteiger partial charge in [-0.2, -0.15) is 0 Å². The van der Waals surface area contributed by atoms with E-state index in [4.69, 9.17) is 16.3 Å². The topological polar surface area (TPSA) is 47.0 Å². The van der Waals surface area contributed by atoms with Gasteiger partial charge >= 0.3 is 0 Å². The lowest BCUT2D eigenvalue weighted by Gasteiger charge is -2.13. The predicted molar refractivity (Wildman–Crippen MR) is 80.9 cm³/mol. The highest BCUT2D eigenvalue weighted by atomic mass is 35.5. The molecule has 0 amide bonds. The minimum absolute atomic E-state index is 0.509. The summed E-state index contributed by atoms with van der Waals surface area (Å²) >= 11 is 6.08. The Kier molecular flexibility index (Phi) is 5.32. The first kappa shape index (κ1) is 14.8.